The fourth-order valence-electron chi connectivity index (χ4n) is 3.31. The van der Waals surface area contributed by atoms with Crippen LogP contribution in [-0.2, 0) is 9.59 Å². The van der Waals surface area contributed by atoms with Crippen molar-refractivity contribution in [2.24, 2.45) is 5.92 Å². The van der Waals surface area contributed by atoms with Crippen LogP contribution < -0.4 is 4.74 Å². The topological polar surface area (TPSA) is 49.9 Å². The van der Waals surface area contributed by atoms with Gasteiger partial charge in [0, 0.05) is 19.0 Å². The van der Waals surface area contributed by atoms with Gasteiger partial charge in [0.15, 0.2) is 0 Å². The molecule has 2 aliphatic heterocycles. The van der Waals surface area contributed by atoms with Crippen molar-refractivity contribution in [3.8, 4) is 5.75 Å². The molecule has 2 amide bonds. The molecule has 3 fully saturated rings. The van der Waals surface area contributed by atoms with Gasteiger partial charge in [-0.05, 0) is 25.0 Å². The number of hydrogen-bond donors (Lipinski definition) is 0. The van der Waals surface area contributed by atoms with Gasteiger partial charge in [-0.2, -0.15) is 0 Å². The highest BCUT2D eigenvalue weighted by Gasteiger charge is 2.45. The number of carbonyl (C=O) groups is 2. The Morgan fingerprint density at radius 2 is 1.91 bits per heavy atom. The molecular formula is C17H19ClN2O3. The molecule has 2 heterocycles. The third kappa shape index (κ3) is 2.90. The Balaban J connectivity index is 1.29. The van der Waals surface area contributed by atoms with Crippen molar-refractivity contribution in [2.45, 2.75) is 31.4 Å². The average molecular weight is 335 g/mol. The summed E-state index contributed by atoms with van der Waals surface area (Å²) in [5.74, 6) is 0.697. The van der Waals surface area contributed by atoms with E-state index in [0.717, 1.165) is 12.8 Å². The molecule has 1 aromatic rings. The number of carbonyl (C=O) groups excluding carboxylic acids is 2. The Morgan fingerprint density at radius 3 is 2.61 bits per heavy atom. The van der Waals surface area contributed by atoms with E-state index in [0.29, 0.717) is 42.9 Å². The third-order valence-electron chi connectivity index (χ3n) is 4.79. The van der Waals surface area contributed by atoms with Gasteiger partial charge in [-0.15, -0.1) is 0 Å². The summed E-state index contributed by atoms with van der Waals surface area (Å²) in [6, 6.07) is 7.74. The van der Waals surface area contributed by atoms with Crippen LogP contribution >= 0.6 is 11.6 Å². The minimum atomic E-state index is -0.177. The van der Waals surface area contributed by atoms with Crippen LogP contribution in [0.2, 0.25) is 5.02 Å². The second-order valence-electron chi connectivity index (χ2n) is 6.59. The summed E-state index contributed by atoms with van der Waals surface area (Å²) in [5, 5.41) is 0.582. The number of para-hydroxylation sites is 1. The van der Waals surface area contributed by atoms with E-state index in [1.807, 2.05) is 23.1 Å². The smallest absolute Gasteiger partial charge is 0.228 e. The minimum Gasteiger partial charge on any atom is -0.485 e. The van der Waals surface area contributed by atoms with Crippen LogP contribution in [0.25, 0.3) is 0 Å². The number of rotatable bonds is 4. The lowest BCUT2D eigenvalue weighted by Gasteiger charge is -2.40. The van der Waals surface area contributed by atoms with E-state index in [2.05, 4.69) is 0 Å². The molecule has 0 unspecified atom stereocenters. The Labute approximate surface area is 140 Å². The fraction of sp³-hybridized carbons (Fsp3) is 0.529. The van der Waals surface area contributed by atoms with Crippen LogP contribution in [-0.4, -0.2) is 53.4 Å². The second-order valence-corrected chi connectivity index (χ2v) is 7.00. The van der Waals surface area contributed by atoms with Crippen molar-refractivity contribution in [2.75, 3.05) is 19.6 Å². The molecule has 5 nitrogen and oxygen atoms in total. The molecule has 0 N–H and O–H groups in total. The third-order valence-corrected chi connectivity index (χ3v) is 5.10. The van der Waals surface area contributed by atoms with Gasteiger partial charge in [0.2, 0.25) is 11.8 Å². The summed E-state index contributed by atoms with van der Waals surface area (Å²) in [5.41, 5.74) is 0. The van der Waals surface area contributed by atoms with E-state index in [1.54, 1.807) is 11.0 Å². The van der Waals surface area contributed by atoms with E-state index >= 15 is 0 Å². The second kappa shape index (κ2) is 5.71. The van der Waals surface area contributed by atoms with Crippen LogP contribution in [0.15, 0.2) is 24.3 Å². The lowest BCUT2D eigenvalue weighted by atomic mass is 10.0. The van der Waals surface area contributed by atoms with Crippen LogP contribution in [0.4, 0.5) is 0 Å². The lowest BCUT2D eigenvalue weighted by Crippen LogP contribution is -2.57. The Bertz CT molecular complexity index is 640. The number of hydrogen-bond acceptors (Lipinski definition) is 3. The maximum Gasteiger partial charge on any atom is 0.228 e. The summed E-state index contributed by atoms with van der Waals surface area (Å²) in [6.07, 6.45) is 2.52. The first-order valence-electron chi connectivity index (χ1n) is 8.11. The molecule has 1 aromatic carbocycles. The maximum absolute atomic E-state index is 12.5. The molecule has 1 aliphatic carbocycles. The molecule has 0 spiro atoms. The summed E-state index contributed by atoms with van der Waals surface area (Å²) < 4.78 is 5.81. The summed E-state index contributed by atoms with van der Waals surface area (Å²) in [6.45, 7) is 1.73. The monoisotopic (exact) mass is 334 g/mol. The number of nitrogens with zero attached hydrogens (tertiary/aromatic N) is 2. The van der Waals surface area contributed by atoms with Crippen LogP contribution in [0.3, 0.4) is 0 Å². The van der Waals surface area contributed by atoms with Gasteiger partial charge in [-0.3, -0.25) is 9.59 Å². The molecule has 2 saturated heterocycles. The van der Waals surface area contributed by atoms with E-state index < -0.39 is 0 Å². The van der Waals surface area contributed by atoms with Gasteiger partial charge in [0.25, 0.3) is 0 Å². The van der Waals surface area contributed by atoms with Gasteiger partial charge >= 0.3 is 0 Å². The molecule has 23 heavy (non-hydrogen) atoms. The average Bonchev–Trinajstić information content (AvgIpc) is 3.26. The molecule has 1 atom stereocenters. The first kappa shape index (κ1) is 14.8. The van der Waals surface area contributed by atoms with E-state index in [4.69, 9.17) is 16.3 Å². The largest absolute Gasteiger partial charge is 0.485 e. The number of benzene rings is 1. The number of ether oxygens (including phenoxy) is 1. The van der Waals surface area contributed by atoms with Crippen LogP contribution in [0.5, 0.6) is 5.75 Å². The molecule has 6 heteroatoms. The van der Waals surface area contributed by atoms with Crippen molar-refractivity contribution in [3.05, 3.63) is 29.3 Å². The molecule has 122 valence electrons. The van der Waals surface area contributed by atoms with E-state index in [9.17, 15) is 9.59 Å². The van der Waals surface area contributed by atoms with Crippen molar-refractivity contribution < 1.29 is 14.3 Å². The standard InChI is InChI=1S/C17H19ClN2O3/c18-14-3-1-2-4-15(14)23-13-9-19(10-13)17(22)11-7-16(21)20(8-11)12-5-6-12/h1-4,11-13H,5-10H2/t11-/m0/s1. The first-order valence-corrected chi connectivity index (χ1v) is 8.49. The van der Waals surface area contributed by atoms with Crippen LogP contribution in [0, 0.1) is 5.92 Å². The molecule has 0 bridgehead atoms. The van der Waals surface area contributed by atoms with Crippen molar-refractivity contribution in [3.63, 3.8) is 0 Å². The number of halogens is 1. The predicted octanol–water partition coefficient (Wildman–Crippen LogP) is 1.94. The number of likely N-dealkylation sites (tertiary alicyclic amines) is 2. The maximum atomic E-state index is 12.5. The molecule has 0 radical (unpaired) electrons. The van der Waals surface area contributed by atoms with Gasteiger partial charge < -0.3 is 14.5 Å². The van der Waals surface area contributed by atoms with E-state index in [1.165, 1.54) is 0 Å². The van der Waals surface area contributed by atoms with Gasteiger partial charge in [0.1, 0.15) is 11.9 Å². The summed E-state index contributed by atoms with van der Waals surface area (Å²) in [7, 11) is 0. The fourth-order valence-corrected chi connectivity index (χ4v) is 3.49. The first-order chi connectivity index (χ1) is 11.1. The SMILES string of the molecule is O=C([C@H]1CC(=O)N(C2CC2)C1)N1CC(Oc2ccccc2Cl)C1. The van der Waals surface area contributed by atoms with Crippen molar-refractivity contribution in [1.29, 1.82) is 0 Å². The predicted molar refractivity (Wildman–Crippen MR) is 85.3 cm³/mol. The minimum absolute atomic E-state index is 0.0181. The van der Waals surface area contributed by atoms with Gasteiger partial charge in [0.05, 0.1) is 24.0 Å². The zero-order chi connectivity index (χ0) is 16.0. The Kier molecular flexibility index (Phi) is 3.68. The highest BCUT2D eigenvalue weighted by Crippen LogP contribution is 2.34. The highest BCUT2D eigenvalue weighted by atomic mass is 35.5. The van der Waals surface area contributed by atoms with Crippen LogP contribution in [0.1, 0.15) is 19.3 Å². The lowest BCUT2D eigenvalue weighted by molar-refractivity contribution is -0.144. The zero-order valence-corrected chi connectivity index (χ0v) is 13.5. The van der Waals surface area contributed by atoms with Crippen molar-refractivity contribution >= 4 is 23.4 Å². The molecule has 4 rings (SSSR count). The quantitative estimate of drug-likeness (QED) is 0.845. The summed E-state index contributed by atoms with van der Waals surface area (Å²) in [4.78, 5) is 28.1. The normalized spacial score (nSPS) is 24.7. The van der Waals surface area contributed by atoms with E-state index in [-0.39, 0.29) is 23.8 Å². The van der Waals surface area contributed by atoms with Crippen molar-refractivity contribution in [1.82, 2.24) is 9.80 Å². The zero-order valence-electron chi connectivity index (χ0n) is 12.8. The summed E-state index contributed by atoms with van der Waals surface area (Å²) >= 11 is 6.07. The Hall–Kier alpha value is -1.75. The Morgan fingerprint density at radius 1 is 1.17 bits per heavy atom. The molecule has 3 aliphatic rings. The highest BCUT2D eigenvalue weighted by molar-refractivity contribution is 6.32. The molecule has 1 saturated carbocycles. The van der Waals surface area contributed by atoms with Gasteiger partial charge in [-0.1, -0.05) is 23.7 Å². The molecular weight excluding hydrogens is 316 g/mol. The number of amides is 2. The van der Waals surface area contributed by atoms with Gasteiger partial charge in [-0.25, -0.2) is 0 Å². The molecule has 0 aromatic heterocycles.